The second-order valence-corrected chi connectivity index (χ2v) is 4.73. The van der Waals surface area contributed by atoms with Crippen LogP contribution in [-0.2, 0) is 6.42 Å². The van der Waals surface area contributed by atoms with Crippen molar-refractivity contribution in [2.75, 3.05) is 0 Å². The van der Waals surface area contributed by atoms with Gasteiger partial charge in [0.05, 0.1) is 0 Å². The number of hydrogen-bond donors (Lipinski definition) is 2. The number of phenolic OH excluding ortho intramolecular Hbond substituents is 1. The molecule has 0 amide bonds. The minimum atomic E-state index is 0.480. The molecule has 1 unspecified atom stereocenters. The third kappa shape index (κ3) is 1.74. The zero-order chi connectivity index (χ0) is 10.3. The molecule has 0 heterocycles. The Kier molecular flexibility index (Phi) is 2.17. The summed E-state index contributed by atoms with van der Waals surface area (Å²) in [6.07, 6.45) is 6.09. The van der Waals surface area contributed by atoms with Gasteiger partial charge in [-0.2, -0.15) is 0 Å². The van der Waals surface area contributed by atoms with E-state index in [4.69, 9.17) is 0 Å². The molecular weight excluding hydrogens is 186 g/mol. The van der Waals surface area contributed by atoms with Crippen LogP contribution < -0.4 is 5.32 Å². The first-order valence-electron chi connectivity index (χ1n) is 5.91. The molecule has 2 aliphatic rings. The van der Waals surface area contributed by atoms with Gasteiger partial charge in [-0.15, -0.1) is 0 Å². The van der Waals surface area contributed by atoms with Gasteiger partial charge in [0.25, 0.3) is 0 Å². The molecule has 2 N–H and O–H groups in total. The zero-order valence-corrected chi connectivity index (χ0v) is 8.87. The van der Waals surface area contributed by atoms with E-state index in [9.17, 15) is 5.11 Å². The first-order valence-corrected chi connectivity index (χ1v) is 5.91. The fourth-order valence-corrected chi connectivity index (χ4v) is 2.54. The first-order chi connectivity index (χ1) is 7.34. The third-order valence-electron chi connectivity index (χ3n) is 3.50. The van der Waals surface area contributed by atoms with Crippen LogP contribution in [0, 0.1) is 0 Å². The van der Waals surface area contributed by atoms with Gasteiger partial charge < -0.3 is 10.4 Å². The van der Waals surface area contributed by atoms with Crippen LogP contribution in [0.5, 0.6) is 5.75 Å². The maximum absolute atomic E-state index is 9.80. The van der Waals surface area contributed by atoms with Crippen LogP contribution in [0.15, 0.2) is 18.2 Å². The quantitative estimate of drug-likeness (QED) is 0.774. The van der Waals surface area contributed by atoms with Crippen molar-refractivity contribution in [2.24, 2.45) is 0 Å². The summed E-state index contributed by atoms with van der Waals surface area (Å²) >= 11 is 0. The molecule has 0 spiro atoms. The van der Waals surface area contributed by atoms with Gasteiger partial charge in [-0.3, -0.25) is 0 Å². The fraction of sp³-hybridized carbons (Fsp3) is 0.538. The summed E-state index contributed by atoms with van der Waals surface area (Å²) in [5.74, 6) is 0.481. The lowest BCUT2D eigenvalue weighted by Gasteiger charge is -2.27. The van der Waals surface area contributed by atoms with Gasteiger partial charge >= 0.3 is 0 Å². The van der Waals surface area contributed by atoms with Gasteiger partial charge in [0, 0.05) is 12.1 Å². The predicted molar refractivity (Wildman–Crippen MR) is 59.9 cm³/mol. The molecule has 80 valence electrons. The van der Waals surface area contributed by atoms with E-state index < -0.39 is 0 Å². The zero-order valence-electron chi connectivity index (χ0n) is 8.87. The van der Waals surface area contributed by atoms with E-state index in [1.807, 2.05) is 6.07 Å². The van der Waals surface area contributed by atoms with Crippen molar-refractivity contribution in [3.63, 3.8) is 0 Å². The highest BCUT2D eigenvalue weighted by atomic mass is 16.3. The molecule has 1 aromatic rings. The highest BCUT2D eigenvalue weighted by molar-refractivity contribution is 5.42. The van der Waals surface area contributed by atoms with Crippen molar-refractivity contribution in [3.05, 3.63) is 29.3 Å². The summed E-state index contributed by atoms with van der Waals surface area (Å²) in [6, 6.07) is 7.14. The molecule has 1 atom stereocenters. The average molecular weight is 203 g/mol. The van der Waals surface area contributed by atoms with Crippen molar-refractivity contribution in [2.45, 2.75) is 44.2 Å². The Bertz CT molecular complexity index is 371. The first kappa shape index (κ1) is 9.22. The Hall–Kier alpha value is -1.02. The van der Waals surface area contributed by atoms with Crippen molar-refractivity contribution in [3.8, 4) is 5.75 Å². The van der Waals surface area contributed by atoms with E-state index in [1.54, 1.807) is 6.07 Å². The smallest absolute Gasteiger partial charge is 0.119 e. The topological polar surface area (TPSA) is 32.3 Å². The maximum atomic E-state index is 9.80. The van der Waals surface area contributed by atoms with Crippen molar-refractivity contribution >= 4 is 0 Å². The van der Waals surface area contributed by atoms with Crippen LogP contribution in [0.4, 0.5) is 0 Å². The molecule has 1 fully saturated rings. The summed E-state index contributed by atoms with van der Waals surface area (Å²) in [4.78, 5) is 0. The maximum Gasteiger partial charge on any atom is 0.119 e. The summed E-state index contributed by atoms with van der Waals surface area (Å²) < 4.78 is 0. The Balaban J connectivity index is 1.91. The number of nitrogens with one attached hydrogen (secondary N) is 1. The van der Waals surface area contributed by atoms with Gasteiger partial charge in [-0.05, 0) is 49.3 Å². The van der Waals surface area contributed by atoms with Gasteiger partial charge in [-0.25, -0.2) is 0 Å². The van der Waals surface area contributed by atoms with Gasteiger partial charge in [-0.1, -0.05) is 12.1 Å². The van der Waals surface area contributed by atoms with Gasteiger partial charge in [0.2, 0.25) is 0 Å². The highest BCUT2D eigenvalue weighted by Crippen LogP contribution is 2.36. The lowest BCUT2D eigenvalue weighted by Crippen LogP contribution is -2.26. The number of phenols is 1. The summed E-state index contributed by atoms with van der Waals surface area (Å²) in [7, 11) is 0. The average Bonchev–Trinajstić information content (AvgIpc) is 3.04. The van der Waals surface area contributed by atoms with Crippen LogP contribution in [0.25, 0.3) is 0 Å². The van der Waals surface area contributed by atoms with Crippen LogP contribution in [0.1, 0.15) is 42.9 Å². The predicted octanol–water partition coefficient (Wildman–Crippen LogP) is 2.52. The van der Waals surface area contributed by atoms with E-state index in [0.717, 1.165) is 12.5 Å². The minimum absolute atomic E-state index is 0.480. The molecule has 0 radical (unpaired) electrons. The largest absolute Gasteiger partial charge is 0.508 e. The van der Waals surface area contributed by atoms with Crippen molar-refractivity contribution < 1.29 is 5.11 Å². The Morgan fingerprint density at radius 2 is 2.07 bits per heavy atom. The third-order valence-corrected chi connectivity index (χ3v) is 3.50. The second kappa shape index (κ2) is 3.53. The molecule has 0 aliphatic heterocycles. The molecule has 3 rings (SSSR count). The molecule has 15 heavy (non-hydrogen) atoms. The molecule has 2 heteroatoms. The van der Waals surface area contributed by atoms with Gasteiger partial charge in [0.1, 0.15) is 5.75 Å². The molecule has 0 saturated heterocycles. The lowest BCUT2D eigenvalue weighted by atomic mass is 9.87. The number of hydrogen-bond acceptors (Lipinski definition) is 2. The molecule has 2 aliphatic carbocycles. The van der Waals surface area contributed by atoms with E-state index in [1.165, 1.54) is 36.8 Å². The van der Waals surface area contributed by atoms with Crippen LogP contribution >= 0.6 is 0 Å². The molecule has 1 saturated carbocycles. The summed E-state index contributed by atoms with van der Waals surface area (Å²) in [6.45, 7) is 0. The molecule has 2 nitrogen and oxygen atoms in total. The van der Waals surface area contributed by atoms with Crippen molar-refractivity contribution in [1.82, 2.24) is 5.32 Å². The van der Waals surface area contributed by atoms with Gasteiger partial charge in [0.15, 0.2) is 0 Å². The molecule has 0 bridgehead atoms. The van der Waals surface area contributed by atoms with E-state index >= 15 is 0 Å². The normalized spacial score (nSPS) is 24.9. The summed E-state index contributed by atoms with van der Waals surface area (Å²) in [5, 5.41) is 13.5. The minimum Gasteiger partial charge on any atom is -0.508 e. The lowest BCUT2D eigenvalue weighted by molar-refractivity contribution is 0.428. The number of fused-ring (bicyclic) bond motifs is 1. The van der Waals surface area contributed by atoms with Crippen LogP contribution in [0.2, 0.25) is 0 Å². The standard InChI is InChI=1S/C13H17NO/c15-13-6-2-3-10-11(13)4-1-5-12(10)14-9-7-8-9/h2-3,6,9,12,14-15H,1,4-5,7-8H2. The SMILES string of the molecule is Oc1cccc2c1CCCC2NC1CC1. The summed E-state index contributed by atoms with van der Waals surface area (Å²) in [5.41, 5.74) is 2.50. The second-order valence-electron chi connectivity index (χ2n) is 4.73. The van der Waals surface area contributed by atoms with Crippen LogP contribution in [0.3, 0.4) is 0 Å². The Morgan fingerprint density at radius 1 is 1.20 bits per heavy atom. The van der Waals surface area contributed by atoms with Crippen LogP contribution in [-0.4, -0.2) is 11.1 Å². The molecule has 1 aromatic carbocycles. The van der Waals surface area contributed by atoms with Crippen molar-refractivity contribution in [1.29, 1.82) is 0 Å². The van der Waals surface area contributed by atoms with E-state index in [2.05, 4.69) is 11.4 Å². The number of benzene rings is 1. The Labute approximate surface area is 90.3 Å². The number of rotatable bonds is 2. The molecular formula is C13H17NO. The van der Waals surface area contributed by atoms with E-state index in [-0.39, 0.29) is 0 Å². The molecule has 0 aromatic heterocycles. The highest BCUT2D eigenvalue weighted by Gasteiger charge is 2.28. The number of aromatic hydroxyl groups is 1. The monoisotopic (exact) mass is 203 g/mol. The fourth-order valence-electron chi connectivity index (χ4n) is 2.54. The Morgan fingerprint density at radius 3 is 2.87 bits per heavy atom. The van der Waals surface area contributed by atoms with E-state index in [0.29, 0.717) is 11.8 Å².